The molecule has 0 saturated carbocycles. The fourth-order valence-corrected chi connectivity index (χ4v) is 2.20. The first-order chi connectivity index (χ1) is 9.20. The van der Waals surface area contributed by atoms with Crippen molar-refractivity contribution >= 4 is 23.0 Å². The molecule has 1 aromatic carbocycles. The summed E-state index contributed by atoms with van der Waals surface area (Å²) < 4.78 is 0. The van der Waals surface area contributed by atoms with Gasteiger partial charge in [-0.2, -0.15) is 5.10 Å². The maximum absolute atomic E-state index is 11.8. The average Bonchev–Trinajstić information content (AvgIpc) is 2.95. The molecule has 0 spiro atoms. The number of benzene rings is 1. The van der Waals surface area contributed by atoms with Crippen molar-refractivity contribution in [3.63, 3.8) is 0 Å². The third-order valence-corrected chi connectivity index (χ3v) is 3.44. The molecule has 0 aliphatic rings. The molecular weight excluding hydrogens is 260 g/mol. The van der Waals surface area contributed by atoms with Crippen LogP contribution in [0.25, 0.3) is 0 Å². The number of nitrogens with one attached hydrogen (secondary N) is 1. The first-order valence-corrected chi connectivity index (χ1v) is 6.78. The van der Waals surface area contributed by atoms with Crippen LogP contribution in [0.4, 0.5) is 0 Å². The van der Waals surface area contributed by atoms with Gasteiger partial charge in [-0.15, -0.1) is 11.3 Å². The van der Waals surface area contributed by atoms with Crippen LogP contribution in [-0.2, 0) is 0 Å². The number of phenols is 1. The summed E-state index contributed by atoms with van der Waals surface area (Å²) in [7, 11) is 0. The minimum absolute atomic E-state index is 0.209. The van der Waals surface area contributed by atoms with Crippen LogP contribution in [0.5, 0.6) is 5.75 Å². The Balaban J connectivity index is 2.11. The number of nitrogens with zero attached hydrogens (tertiary/aromatic N) is 1. The fraction of sp³-hybridized carbons (Fsp3) is 0.143. The Morgan fingerprint density at radius 2 is 2.05 bits per heavy atom. The van der Waals surface area contributed by atoms with E-state index in [4.69, 9.17) is 0 Å². The highest BCUT2D eigenvalue weighted by molar-refractivity contribution is 7.12. The van der Waals surface area contributed by atoms with E-state index >= 15 is 0 Å². The number of hydrogen-bond acceptors (Lipinski definition) is 4. The van der Waals surface area contributed by atoms with Crippen molar-refractivity contribution < 1.29 is 9.90 Å². The summed E-state index contributed by atoms with van der Waals surface area (Å²) in [6, 6.07) is 10.3. The van der Waals surface area contributed by atoms with E-state index in [0.29, 0.717) is 11.3 Å². The molecule has 19 heavy (non-hydrogen) atoms. The average molecular weight is 274 g/mol. The highest BCUT2D eigenvalue weighted by Crippen LogP contribution is 2.12. The molecule has 1 aromatic heterocycles. The Bertz CT molecular complexity index is 574. The van der Waals surface area contributed by atoms with Gasteiger partial charge >= 0.3 is 0 Å². The van der Waals surface area contributed by atoms with Gasteiger partial charge in [0.1, 0.15) is 5.75 Å². The van der Waals surface area contributed by atoms with Crippen molar-refractivity contribution in [3.05, 3.63) is 52.2 Å². The number of hydrazone groups is 1. The zero-order valence-corrected chi connectivity index (χ0v) is 11.3. The number of thiophene rings is 1. The number of rotatable bonds is 4. The summed E-state index contributed by atoms with van der Waals surface area (Å²) in [6.07, 6.45) is 0.690. The van der Waals surface area contributed by atoms with Crippen LogP contribution in [0.15, 0.2) is 46.9 Å². The molecule has 0 fully saturated rings. The first kappa shape index (κ1) is 13.3. The molecule has 5 heteroatoms. The van der Waals surface area contributed by atoms with E-state index < -0.39 is 0 Å². The molecule has 0 aliphatic carbocycles. The van der Waals surface area contributed by atoms with Crippen molar-refractivity contribution in [2.75, 3.05) is 0 Å². The van der Waals surface area contributed by atoms with Crippen LogP contribution in [0.2, 0.25) is 0 Å². The fourth-order valence-electron chi connectivity index (χ4n) is 1.58. The lowest BCUT2D eigenvalue weighted by Crippen LogP contribution is -2.18. The van der Waals surface area contributed by atoms with E-state index in [1.807, 2.05) is 18.4 Å². The normalized spacial score (nSPS) is 11.3. The van der Waals surface area contributed by atoms with Gasteiger partial charge in [-0.05, 0) is 47.7 Å². The molecule has 0 atom stereocenters. The van der Waals surface area contributed by atoms with Crippen LogP contribution >= 0.6 is 11.3 Å². The monoisotopic (exact) mass is 274 g/mol. The van der Waals surface area contributed by atoms with Crippen LogP contribution in [0.3, 0.4) is 0 Å². The lowest BCUT2D eigenvalue weighted by atomic mass is 10.1. The minimum atomic E-state index is -0.209. The van der Waals surface area contributed by atoms with Crippen LogP contribution < -0.4 is 5.43 Å². The van der Waals surface area contributed by atoms with Crippen molar-refractivity contribution in [1.82, 2.24) is 5.43 Å². The summed E-state index contributed by atoms with van der Waals surface area (Å²) in [4.78, 5) is 12.4. The molecule has 2 rings (SSSR count). The quantitative estimate of drug-likeness (QED) is 0.665. The van der Waals surface area contributed by atoms with Crippen molar-refractivity contribution in [2.45, 2.75) is 13.3 Å². The van der Waals surface area contributed by atoms with E-state index in [2.05, 4.69) is 10.5 Å². The number of carbonyl (C=O) groups excluding carboxylic acids is 1. The van der Waals surface area contributed by atoms with Gasteiger partial charge in [0.2, 0.25) is 0 Å². The summed E-state index contributed by atoms with van der Waals surface area (Å²) >= 11 is 1.37. The van der Waals surface area contributed by atoms with Crippen molar-refractivity contribution in [1.29, 1.82) is 0 Å². The highest BCUT2D eigenvalue weighted by Gasteiger charge is 2.06. The maximum atomic E-state index is 11.8. The van der Waals surface area contributed by atoms with Crippen LogP contribution in [-0.4, -0.2) is 16.7 Å². The van der Waals surface area contributed by atoms with E-state index in [9.17, 15) is 9.90 Å². The molecular formula is C14H14N2O2S. The lowest BCUT2D eigenvalue weighted by Gasteiger charge is -2.04. The Morgan fingerprint density at radius 3 is 2.63 bits per heavy atom. The molecule has 0 saturated heterocycles. The Labute approximate surface area is 115 Å². The molecule has 4 nitrogen and oxygen atoms in total. The van der Waals surface area contributed by atoms with E-state index in [-0.39, 0.29) is 11.7 Å². The smallest absolute Gasteiger partial charge is 0.281 e. The van der Waals surface area contributed by atoms with Crippen molar-refractivity contribution in [2.24, 2.45) is 5.10 Å². The van der Waals surface area contributed by atoms with Gasteiger partial charge in [-0.25, -0.2) is 5.43 Å². The molecule has 0 unspecified atom stereocenters. The highest BCUT2D eigenvalue weighted by atomic mass is 32.1. The summed E-state index contributed by atoms with van der Waals surface area (Å²) in [5, 5.41) is 15.2. The zero-order chi connectivity index (χ0) is 13.7. The largest absolute Gasteiger partial charge is 0.508 e. The summed E-state index contributed by atoms with van der Waals surface area (Å²) in [5.74, 6) is 0.00144. The van der Waals surface area contributed by atoms with Crippen LogP contribution in [0, 0.1) is 0 Å². The maximum Gasteiger partial charge on any atom is 0.281 e. The predicted molar refractivity (Wildman–Crippen MR) is 76.7 cm³/mol. The second-order valence-corrected chi connectivity index (χ2v) is 4.82. The number of carbonyl (C=O) groups is 1. The number of amides is 1. The van der Waals surface area contributed by atoms with E-state index in [0.717, 1.165) is 11.3 Å². The minimum Gasteiger partial charge on any atom is -0.508 e. The van der Waals surface area contributed by atoms with Gasteiger partial charge in [-0.3, -0.25) is 4.79 Å². The predicted octanol–water partition coefficient (Wildman–Crippen LogP) is 3.00. The topological polar surface area (TPSA) is 61.7 Å². The molecule has 2 N–H and O–H groups in total. The van der Waals surface area contributed by atoms with Gasteiger partial charge in [-0.1, -0.05) is 13.0 Å². The van der Waals surface area contributed by atoms with E-state index in [1.165, 1.54) is 11.3 Å². The van der Waals surface area contributed by atoms with Crippen LogP contribution in [0.1, 0.15) is 28.6 Å². The number of phenolic OH excluding ortho intramolecular Hbond substituents is 1. The molecule has 1 amide bonds. The summed E-state index contributed by atoms with van der Waals surface area (Å²) in [5.41, 5.74) is 4.20. The second kappa shape index (κ2) is 6.15. The molecule has 2 aromatic rings. The standard InChI is InChI=1S/C14H14N2O2S/c1-2-12(10-5-7-11(17)8-6-10)15-16-14(18)13-4-3-9-19-13/h3-9,17H,2H2,1H3,(H,16,18)/b15-12-. The van der Waals surface area contributed by atoms with E-state index in [1.54, 1.807) is 30.3 Å². The molecule has 98 valence electrons. The van der Waals surface area contributed by atoms with Gasteiger partial charge in [0.25, 0.3) is 5.91 Å². The zero-order valence-electron chi connectivity index (χ0n) is 10.5. The Morgan fingerprint density at radius 1 is 1.32 bits per heavy atom. The van der Waals surface area contributed by atoms with Gasteiger partial charge in [0.05, 0.1) is 10.6 Å². The van der Waals surface area contributed by atoms with Gasteiger partial charge in [0.15, 0.2) is 0 Å². The Hall–Kier alpha value is -2.14. The third kappa shape index (κ3) is 3.42. The molecule has 0 bridgehead atoms. The second-order valence-electron chi connectivity index (χ2n) is 3.88. The Kier molecular flexibility index (Phi) is 4.30. The molecule has 1 heterocycles. The third-order valence-electron chi connectivity index (χ3n) is 2.57. The van der Waals surface area contributed by atoms with Gasteiger partial charge in [0, 0.05) is 0 Å². The molecule has 0 aliphatic heterocycles. The van der Waals surface area contributed by atoms with Crippen molar-refractivity contribution in [3.8, 4) is 5.75 Å². The molecule has 0 radical (unpaired) electrons. The van der Waals surface area contributed by atoms with Gasteiger partial charge < -0.3 is 5.11 Å². The SMILES string of the molecule is CC/C(=N/NC(=O)c1cccs1)c1ccc(O)cc1. The summed E-state index contributed by atoms with van der Waals surface area (Å²) in [6.45, 7) is 1.96. The number of hydrogen-bond donors (Lipinski definition) is 2. The lowest BCUT2D eigenvalue weighted by molar-refractivity contribution is 0.0959. The first-order valence-electron chi connectivity index (χ1n) is 5.90. The number of aromatic hydroxyl groups is 1.